The monoisotopic (exact) mass is 200 g/mol. The normalized spacial score (nSPS) is 45.9. The minimum atomic E-state index is -0.898. The quantitative estimate of drug-likeness (QED) is 0.548. The fraction of sp³-hybridized carbons (Fsp3) is 0.800. The molecule has 4 nitrogen and oxygen atoms in total. The van der Waals surface area contributed by atoms with E-state index in [0.29, 0.717) is 0 Å². The lowest BCUT2D eigenvalue weighted by molar-refractivity contribution is -0.158. The lowest BCUT2D eigenvalue weighted by Crippen LogP contribution is -2.46. The lowest BCUT2D eigenvalue weighted by Gasteiger charge is -2.30. The van der Waals surface area contributed by atoms with Gasteiger partial charge in [-0.3, -0.25) is 0 Å². The third-order valence-electron chi connectivity index (χ3n) is 2.70. The van der Waals surface area contributed by atoms with Crippen molar-refractivity contribution in [2.75, 3.05) is 0 Å². The molecule has 0 saturated carbocycles. The highest BCUT2D eigenvalue weighted by Crippen LogP contribution is 2.37. The van der Waals surface area contributed by atoms with E-state index in [2.05, 4.69) is 0 Å². The van der Waals surface area contributed by atoms with Crippen molar-refractivity contribution in [1.29, 1.82) is 0 Å². The molecule has 0 bridgehead atoms. The van der Waals surface area contributed by atoms with E-state index >= 15 is 0 Å². The van der Waals surface area contributed by atoms with Gasteiger partial charge in [-0.1, -0.05) is 6.08 Å². The van der Waals surface area contributed by atoms with Crippen LogP contribution < -0.4 is 0 Å². The van der Waals surface area contributed by atoms with Crippen LogP contribution in [0.4, 0.5) is 0 Å². The zero-order valence-corrected chi connectivity index (χ0v) is 8.60. The number of ether oxygens (including phenoxy) is 2. The average Bonchev–Trinajstić information content (AvgIpc) is 2.38. The van der Waals surface area contributed by atoms with Gasteiger partial charge in [-0.25, -0.2) is 0 Å². The Hall–Kier alpha value is -0.420. The first-order valence-electron chi connectivity index (χ1n) is 4.81. The third-order valence-corrected chi connectivity index (χ3v) is 2.70. The van der Waals surface area contributed by atoms with E-state index in [1.165, 1.54) is 0 Å². The lowest BCUT2D eigenvalue weighted by atomic mass is 9.91. The number of fused-ring (bicyclic) bond motifs is 1. The van der Waals surface area contributed by atoms with Gasteiger partial charge in [0.05, 0.1) is 0 Å². The Kier molecular flexibility index (Phi) is 2.19. The molecular formula is C10H16O4. The highest BCUT2D eigenvalue weighted by molar-refractivity contribution is 5.20. The Morgan fingerprint density at radius 2 is 1.93 bits per heavy atom. The molecule has 0 aromatic carbocycles. The van der Waals surface area contributed by atoms with Gasteiger partial charge in [-0.05, 0) is 26.3 Å². The summed E-state index contributed by atoms with van der Waals surface area (Å²) in [5, 5.41) is 19.2. The summed E-state index contributed by atoms with van der Waals surface area (Å²) < 4.78 is 11.2. The second kappa shape index (κ2) is 3.03. The van der Waals surface area contributed by atoms with E-state index < -0.39 is 24.1 Å². The molecule has 14 heavy (non-hydrogen) atoms. The zero-order valence-electron chi connectivity index (χ0n) is 8.60. The molecule has 4 heteroatoms. The molecule has 2 rings (SSSR count). The molecule has 0 amide bonds. The zero-order chi connectivity index (χ0) is 10.5. The summed E-state index contributed by atoms with van der Waals surface area (Å²) >= 11 is 0. The largest absolute Gasteiger partial charge is 0.387 e. The first kappa shape index (κ1) is 10.1. The summed E-state index contributed by atoms with van der Waals surface area (Å²) in [4.78, 5) is 0. The van der Waals surface area contributed by atoms with E-state index in [9.17, 15) is 10.2 Å². The minimum Gasteiger partial charge on any atom is -0.387 e. The van der Waals surface area contributed by atoms with E-state index in [1.54, 1.807) is 19.9 Å². The smallest absolute Gasteiger partial charge is 0.164 e. The van der Waals surface area contributed by atoms with Gasteiger partial charge in [-0.2, -0.15) is 0 Å². The topological polar surface area (TPSA) is 58.9 Å². The molecule has 1 aliphatic carbocycles. The standard InChI is InChI=1S/C10H16O4/c1-5-4-6(11)7(12)9-8(5)13-10(2,3)14-9/h4,6-9,11-12H,1-3H3/t6-,7+,8+,9-/m0/s1. The van der Waals surface area contributed by atoms with Crippen molar-refractivity contribution in [2.45, 2.75) is 51.0 Å². The summed E-state index contributed by atoms with van der Waals surface area (Å²) in [5.74, 6) is -0.685. The average molecular weight is 200 g/mol. The molecule has 1 saturated heterocycles. The Balaban J connectivity index is 2.27. The highest BCUT2D eigenvalue weighted by atomic mass is 16.8. The van der Waals surface area contributed by atoms with Crippen molar-refractivity contribution < 1.29 is 19.7 Å². The van der Waals surface area contributed by atoms with Crippen LogP contribution in [-0.2, 0) is 9.47 Å². The van der Waals surface area contributed by atoms with Crippen molar-refractivity contribution in [2.24, 2.45) is 0 Å². The molecule has 2 aliphatic rings. The predicted octanol–water partition coefficient (Wildman–Crippen LogP) is 0.188. The Morgan fingerprint density at radius 3 is 2.57 bits per heavy atom. The molecule has 2 N–H and O–H groups in total. The van der Waals surface area contributed by atoms with Crippen LogP contribution in [0.2, 0.25) is 0 Å². The number of aliphatic hydroxyl groups is 2. The molecule has 0 aromatic rings. The number of hydrogen-bond acceptors (Lipinski definition) is 4. The van der Waals surface area contributed by atoms with Gasteiger partial charge < -0.3 is 19.7 Å². The summed E-state index contributed by atoms with van der Waals surface area (Å²) in [6.07, 6.45) is -0.816. The van der Waals surface area contributed by atoms with Crippen molar-refractivity contribution in [3.63, 3.8) is 0 Å². The molecule has 0 unspecified atom stereocenters. The van der Waals surface area contributed by atoms with Gasteiger partial charge in [0.25, 0.3) is 0 Å². The predicted molar refractivity (Wildman–Crippen MR) is 49.6 cm³/mol. The van der Waals surface area contributed by atoms with Gasteiger partial charge in [0.2, 0.25) is 0 Å². The van der Waals surface area contributed by atoms with E-state index in [0.717, 1.165) is 5.57 Å². The molecule has 4 atom stereocenters. The fourth-order valence-electron chi connectivity index (χ4n) is 2.05. The Morgan fingerprint density at radius 1 is 1.29 bits per heavy atom. The molecular weight excluding hydrogens is 184 g/mol. The first-order chi connectivity index (χ1) is 6.41. The van der Waals surface area contributed by atoms with Gasteiger partial charge in [0.1, 0.15) is 24.4 Å². The van der Waals surface area contributed by atoms with Crippen LogP contribution >= 0.6 is 0 Å². The molecule has 1 heterocycles. The highest BCUT2D eigenvalue weighted by Gasteiger charge is 2.49. The van der Waals surface area contributed by atoms with Crippen LogP contribution in [0.3, 0.4) is 0 Å². The Labute approximate surface area is 83.1 Å². The number of aliphatic hydroxyl groups excluding tert-OH is 2. The fourth-order valence-corrected chi connectivity index (χ4v) is 2.05. The SMILES string of the molecule is CC1=C[C@H](O)[C@@H](O)[C@@H]2OC(C)(C)O[C@H]12. The molecule has 0 aromatic heterocycles. The molecule has 80 valence electrons. The van der Waals surface area contributed by atoms with Crippen LogP contribution in [-0.4, -0.2) is 40.4 Å². The van der Waals surface area contributed by atoms with Gasteiger partial charge in [0, 0.05) is 0 Å². The number of hydrogen-bond donors (Lipinski definition) is 2. The van der Waals surface area contributed by atoms with Crippen molar-refractivity contribution in [1.82, 2.24) is 0 Å². The van der Waals surface area contributed by atoms with Gasteiger partial charge in [-0.15, -0.1) is 0 Å². The van der Waals surface area contributed by atoms with Gasteiger partial charge in [0.15, 0.2) is 5.79 Å². The summed E-state index contributed by atoms with van der Waals surface area (Å²) in [7, 11) is 0. The maximum absolute atomic E-state index is 9.70. The van der Waals surface area contributed by atoms with Crippen LogP contribution in [0.1, 0.15) is 20.8 Å². The molecule has 0 radical (unpaired) electrons. The number of rotatable bonds is 0. The van der Waals surface area contributed by atoms with E-state index in [1.807, 2.05) is 6.92 Å². The summed E-state index contributed by atoms with van der Waals surface area (Å²) in [5.41, 5.74) is 0.915. The third kappa shape index (κ3) is 1.48. The van der Waals surface area contributed by atoms with Crippen molar-refractivity contribution in [3.8, 4) is 0 Å². The van der Waals surface area contributed by atoms with E-state index in [4.69, 9.17) is 9.47 Å². The van der Waals surface area contributed by atoms with Crippen LogP contribution in [0.25, 0.3) is 0 Å². The molecule has 0 spiro atoms. The van der Waals surface area contributed by atoms with Crippen LogP contribution in [0, 0.1) is 0 Å². The van der Waals surface area contributed by atoms with Gasteiger partial charge >= 0.3 is 0 Å². The van der Waals surface area contributed by atoms with Crippen molar-refractivity contribution in [3.05, 3.63) is 11.6 Å². The minimum absolute atomic E-state index is 0.233. The first-order valence-corrected chi connectivity index (χ1v) is 4.81. The summed E-state index contributed by atoms with van der Waals surface area (Å²) in [6, 6.07) is 0. The molecule has 1 aliphatic heterocycles. The van der Waals surface area contributed by atoms with Crippen molar-refractivity contribution >= 4 is 0 Å². The second-order valence-electron chi connectivity index (χ2n) is 4.41. The maximum Gasteiger partial charge on any atom is 0.164 e. The maximum atomic E-state index is 9.70. The van der Waals surface area contributed by atoms with Crippen LogP contribution in [0.15, 0.2) is 11.6 Å². The second-order valence-corrected chi connectivity index (χ2v) is 4.41. The molecule has 1 fully saturated rings. The summed E-state index contributed by atoms with van der Waals surface area (Å²) in [6.45, 7) is 5.48. The van der Waals surface area contributed by atoms with E-state index in [-0.39, 0.29) is 6.10 Å². The van der Waals surface area contributed by atoms with Crippen LogP contribution in [0.5, 0.6) is 0 Å². The Bertz CT molecular complexity index is 271.